The molecule has 0 unspecified atom stereocenters. The smallest absolute Gasteiger partial charge is 0.423 e. The van der Waals surface area contributed by atoms with Crippen LogP contribution in [-0.4, -0.2) is 48.3 Å². The lowest BCUT2D eigenvalue weighted by molar-refractivity contribution is -0.384. The number of hydrogen-bond donors (Lipinski definition) is 2. The predicted octanol–water partition coefficient (Wildman–Crippen LogP) is 0.601. The maximum absolute atomic E-state index is 10.7. The monoisotopic (exact) mass is 327 g/mol. The van der Waals surface area contributed by atoms with Crippen molar-refractivity contribution >= 4 is 29.6 Å². The summed E-state index contributed by atoms with van der Waals surface area (Å²) in [4.78, 5) is 14.7. The first-order valence-corrected chi connectivity index (χ1v) is 7.75. The molecule has 124 valence electrons. The molecule has 0 aromatic heterocycles. The minimum absolute atomic E-state index is 0.0942. The zero-order chi connectivity index (χ0) is 17.1. The Morgan fingerprint density at radius 1 is 0.917 bits per heavy atom. The van der Waals surface area contributed by atoms with Crippen LogP contribution in [0.4, 0.5) is 17.1 Å². The summed E-state index contributed by atoms with van der Waals surface area (Å²) in [5, 5.41) is 29.3. The van der Waals surface area contributed by atoms with Gasteiger partial charge in [-0.2, -0.15) is 0 Å². The standard InChI is InChI=1S/C16H18BN3O4/c21-17(22)13-2-1-3-16(12-13)19-10-8-18(9-11-19)14-4-6-15(7-5-14)20(23)24/h1-7,12,21-22H,8-11H2. The predicted molar refractivity (Wildman–Crippen MR) is 93.8 cm³/mol. The van der Waals surface area contributed by atoms with E-state index in [0.717, 1.165) is 37.6 Å². The molecule has 7 nitrogen and oxygen atoms in total. The first-order valence-electron chi connectivity index (χ1n) is 7.75. The lowest BCUT2D eigenvalue weighted by atomic mass is 9.80. The van der Waals surface area contributed by atoms with Crippen LogP contribution in [-0.2, 0) is 0 Å². The molecular weight excluding hydrogens is 309 g/mol. The summed E-state index contributed by atoms with van der Waals surface area (Å²) in [7, 11) is -1.47. The Balaban J connectivity index is 1.65. The van der Waals surface area contributed by atoms with Crippen molar-refractivity contribution in [3.05, 3.63) is 58.6 Å². The third kappa shape index (κ3) is 3.50. The summed E-state index contributed by atoms with van der Waals surface area (Å²) in [6.07, 6.45) is 0. The number of nitro groups is 1. The van der Waals surface area contributed by atoms with Gasteiger partial charge in [0.05, 0.1) is 4.92 Å². The van der Waals surface area contributed by atoms with E-state index in [0.29, 0.717) is 5.46 Å². The molecule has 8 heteroatoms. The Morgan fingerprint density at radius 3 is 2.04 bits per heavy atom. The average molecular weight is 327 g/mol. The second-order valence-electron chi connectivity index (χ2n) is 5.72. The summed E-state index contributed by atoms with van der Waals surface area (Å²) < 4.78 is 0. The van der Waals surface area contributed by atoms with Crippen molar-refractivity contribution in [1.29, 1.82) is 0 Å². The molecule has 0 atom stereocenters. The molecule has 1 aliphatic heterocycles. The fourth-order valence-electron chi connectivity index (χ4n) is 2.89. The van der Waals surface area contributed by atoms with Crippen LogP contribution >= 0.6 is 0 Å². The Labute approximate surface area is 140 Å². The summed E-state index contributed by atoms with van der Waals surface area (Å²) in [5.41, 5.74) is 2.51. The summed E-state index contributed by atoms with van der Waals surface area (Å²) in [6, 6.07) is 13.8. The van der Waals surface area contributed by atoms with E-state index in [1.54, 1.807) is 24.3 Å². The van der Waals surface area contributed by atoms with E-state index >= 15 is 0 Å². The first-order chi connectivity index (χ1) is 11.5. The van der Waals surface area contributed by atoms with Crippen LogP contribution in [0.15, 0.2) is 48.5 Å². The number of piperazine rings is 1. The van der Waals surface area contributed by atoms with Gasteiger partial charge in [0.2, 0.25) is 0 Å². The van der Waals surface area contributed by atoms with Gasteiger partial charge in [-0.1, -0.05) is 12.1 Å². The Morgan fingerprint density at radius 2 is 1.50 bits per heavy atom. The third-order valence-corrected chi connectivity index (χ3v) is 4.24. The Kier molecular flexibility index (Phi) is 4.68. The van der Waals surface area contributed by atoms with Crippen LogP contribution in [0.1, 0.15) is 0 Å². The number of hydrogen-bond acceptors (Lipinski definition) is 6. The maximum Gasteiger partial charge on any atom is 0.488 e. The normalized spacial score (nSPS) is 14.6. The van der Waals surface area contributed by atoms with E-state index in [1.165, 1.54) is 12.1 Å². The molecule has 1 aliphatic rings. The van der Waals surface area contributed by atoms with Gasteiger partial charge in [-0.05, 0) is 29.7 Å². The molecule has 0 amide bonds. The highest BCUT2D eigenvalue weighted by Crippen LogP contribution is 2.22. The molecular formula is C16H18BN3O4. The lowest BCUT2D eigenvalue weighted by Gasteiger charge is -2.37. The lowest BCUT2D eigenvalue weighted by Crippen LogP contribution is -2.47. The van der Waals surface area contributed by atoms with Crippen LogP contribution in [0.3, 0.4) is 0 Å². The van der Waals surface area contributed by atoms with Gasteiger partial charge in [0, 0.05) is 49.7 Å². The minimum atomic E-state index is -1.47. The summed E-state index contributed by atoms with van der Waals surface area (Å²) in [5.74, 6) is 0. The fourth-order valence-corrected chi connectivity index (χ4v) is 2.89. The molecule has 0 spiro atoms. The Bertz CT molecular complexity index is 716. The third-order valence-electron chi connectivity index (χ3n) is 4.24. The number of rotatable bonds is 4. The van der Waals surface area contributed by atoms with Gasteiger partial charge in [-0.25, -0.2) is 0 Å². The van der Waals surface area contributed by atoms with Gasteiger partial charge in [-0.15, -0.1) is 0 Å². The Hall–Kier alpha value is -2.58. The zero-order valence-corrected chi connectivity index (χ0v) is 13.1. The molecule has 1 fully saturated rings. The minimum Gasteiger partial charge on any atom is -0.423 e. The topological polar surface area (TPSA) is 90.1 Å². The molecule has 0 aliphatic carbocycles. The fraction of sp³-hybridized carbons (Fsp3) is 0.250. The van der Waals surface area contributed by atoms with Crippen molar-refractivity contribution in [2.75, 3.05) is 36.0 Å². The highest BCUT2D eigenvalue weighted by atomic mass is 16.6. The molecule has 24 heavy (non-hydrogen) atoms. The van der Waals surface area contributed by atoms with Crippen LogP contribution in [0.5, 0.6) is 0 Å². The van der Waals surface area contributed by atoms with Gasteiger partial charge in [0.25, 0.3) is 5.69 Å². The van der Waals surface area contributed by atoms with Gasteiger partial charge >= 0.3 is 7.12 Å². The van der Waals surface area contributed by atoms with E-state index in [-0.39, 0.29) is 5.69 Å². The van der Waals surface area contributed by atoms with Gasteiger partial charge < -0.3 is 19.8 Å². The van der Waals surface area contributed by atoms with Crippen molar-refractivity contribution in [3.8, 4) is 0 Å². The van der Waals surface area contributed by atoms with Crippen LogP contribution in [0.25, 0.3) is 0 Å². The molecule has 2 N–H and O–H groups in total. The molecule has 0 radical (unpaired) electrons. The molecule has 0 saturated carbocycles. The van der Waals surface area contributed by atoms with Gasteiger partial charge in [-0.3, -0.25) is 10.1 Å². The molecule has 3 rings (SSSR count). The molecule has 2 aromatic carbocycles. The summed E-state index contributed by atoms with van der Waals surface area (Å²) >= 11 is 0. The maximum atomic E-state index is 10.7. The second kappa shape index (κ2) is 6.90. The molecule has 0 bridgehead atoms. The van der Waals surface area contributed by atoms with Crippen molar-refractivity contribution in [2.24, 2.45) is 0 Å². The van der Waals surface area contributed by atoms with Crippen molar-refractivity contribution in [1.82, 2.24) is 0 Å². The van der Waals surface area contributed by atoms with Crippen molar-refractivity contribution in [3.63, 3.8) is 0 Å². The molecule has 2 aromatic rings. The quantitative estimate of drug-likeness (QED) is 0.486. The number of nitrogens with zero attached hydrogens (tertiary/aromatic N) is 3. The van der Waals surface area contributed by atoms with E-state index < -0.39 is 12.0 Å². The largest absolute Gasteiger partial charge is 0.488 e. The van der Waals surface area contributed by atoms with Crippen molar-refractivity contribution < 1.29 is 15.0 Å². The van der Waals surface area contributed by atoms with Crippen LogP contribution < -0.4 is 15.3 Å². The number of non-ortho nitro benzene ring substituents is 1. The SMILES string of the molecule is O=[N+]([O-])c1ccc(N2CCN(c3cccc(B(O)O)c3)CC2)cc1. The number of nitro benzene ring substituents is 1. The zero-order valence-electron chi connectivity index (χ0n) is 13.1. The van der Waals surface area contributed by atoms with Crippen LogP contribution in [0.2, 0.25) is 0 Å². The highest BCUT2D eigenvalue weighted by molar-refractivity contribution is 6.58. The molecule has 1 saturated heterocycles. The van der Waals surface area contributed by atoms with E-state index in [1.807, 2.05) is 12.1 Å². The van der Waals surface area contributed by atoms with Crippen LogP contribution in [0, 0.1) is 10.1 Å². The van der Waals surface area contributed by atoms with Gasteiger partial charge in [0.15, 0.2) is 0 Å². The van der Waals surface area contributed by atoms with E-state index in [2.05, 4.69) is 9.80 Å². The van der Waals surface area contributed by atoms with Gasteiger partial charge in [0.1, 0.15) is 0 Å². The number of anilines is 2. The average Bonchev–Trinajstić information content (AvgIpc) is 2.62. The van der Waals surface area contributed by atoms with E-state index in [9.17, 15) is 20.2 Å². The molecule has 1 heterocycles. The first kappa shape index (κ1) is 16.3. The van der Waals surface area contributed by atoms with Crippen molar-refractivity contribution in [2.45, 2.75) is 0 Å². The van der Waals surface area contributed by atoms with E-state index in [4.69, 9.17) is 0 Å². The number of benzene rings is 2. The highest BCUT2D eigenvalue weighted by Gasteiger charge is 2.19. The second-order valence-corrected chi connectivity index (χ2v) is 5.72. The summed E-state index contributed by atoms with van der Waals surface area (Å²) in [6.45, 7) is 3.18.